The number of hydrogen-bond acceptors (Lipinski definition) is 3. The van der Waals surface area contributed by atoms with E-state index in [1.807, 2.05) is 6.92 Å². The van der Waals surface area contributed by atoms with E-state index in [0.717, 1.165) is 0 Å². The number of ether oxygens (including phenoxy) is 1. The van der Waals surface area contributed by atoms with Crippen molar-refractivity contribution in [2.24, 2.45) is 0 Å². The molecule has 2 heterocycles. The van der Waals surface area contributed by atoms with E-state index in [2.05, 4.69) is 5.10 Å². The summed E-state index contributed by atoms with van der Waals surface area (Å²) < 4.78 is 20.8. The van der Waals surface area contributed by atoms with E-state index in [1.165, 1.54) is 6.07 Å². The summed E-state index contributed by atoms with van der Waals surface area (Å²) >= 11 is 0. The number of benzene rings is 1. The Kier molecular flexibility index (Phi) is 4.09. The van der Waals surface area contributed by atoms with Crippen molar-refractivity contribution in [2.45, 2.75) is 25.5 Å². The van der Waals surface area contributed by atoms with Gasteiger partial charge in [0.05, 0.1) is 13.1 Å². The molecule has 5 nitrogen and oxygen atoms in total. The fraction of sp³-hybridized carbons (Fsp3) is 0.375. The Bertz CT molecular complexity index is 639. The van der Waals surface area contributed by atoms with Gasteiger partial charge in [-0.15, -0.1) is 0 Å². The Morgan fingerprint density at radius 1 is 1.41 bits per heavy atom. The third-order valence-corrected chi connectivity index (χ3v) is 3.81. The van der Waals surface area contributed by atoms with Crippen LogP contribution in [0.15, 0.2) is 42.7 Å². The van der Waals surface area contributed by atoms with E-state index in [1.54, 1.807) is 46.2 Å². The summed E-state index contributed by atoms with van der Waals surface area (Å²) in [7, 11) is 0. The summed E-state index contributed by atoms with van der Waals surface area (Å²) in [4.78, 5) is 14.2. The van der Waals surface area contributed by atoms with Crippen LogP contribution in [0.2, 0.25) is 0 Å². The fourth-order valence-corrected chi connectivity index (χ4v) is 2.56. The van der Waals surface area contributed by atoms with Gasteiger partial charge < -0.3 is 9.64 Å². The van der Waals surface area contributed by atoms with Crippen LogP contribution in [-0.2, 0) is 4.79 Å². The molecule has 1 atom stereocenters. The van der Waals surface area contributed by atoms with Gasteiger partial charge in [-0.25, -0.2) is 4.39 Å². The van der Waals surface area contributed by atoms with E-state index in [4.69, 9.17) is 4.74 Å². The van der Waals surface area contributed by atoms with Gasteiger partial charge in [-0.2, -0.15) is 5.10 Å². The smallest absolute Gasteiger partial charge is 0.247 e. The molecule has 1 fully saturated rings. The van der Waals surface area contributed by atoms with E-state index in [0.29, 0.717) is 19.5 Å². The summed E-state index contributed by atoms with van der Waals surface area (Å²) in [5, 5.41) is 4.14. The van der Waals surface area contributed by atoms with Gasteiger partial charge in [-0.1, -0.05) is 19.1 Å². The van der Waals surface area contributed by atoms with Gasteiger partial charge in [0, 0.05) is 12.4 Å². The number of amides is 1. The second-order valence-corrected chi connectivity index (χ2v) is 5.32. The van der Waals surface area contributed by atoms with Crippen LogP contribution in [0.1, 0.15) is 19.4 Å². The molecule has 0 bridgehead atoms. The summed E-state index contributed by atoms with van der Waals surface area (Å²) in [6.45, 7) is 2.91. The zero-order valence-electron chi connectivity index (χ0n) is 12.4. The van der Waals surface area contributed by atoms with Crippen LogP contribution in [0.5, 0.6) is 5.75 Å². The number of hydrogen-bond donors (Lipinski definition) is 0. The summed E-state index contributed by atoms with van der Waals surface area (Å²) in [5.74, 6) is -0.117. The molecule has 6 heteroatoms. The zero-order valence-corrected chi connectivity index (χ0v) is 12.4. The first-order valence-electron chi connectivity index (χ1n) is 7.38. The summed E-state index contributed by atoms with van der Waals surface area (Å²) in [5.41, 5.74) is 0. The van der Waals surface area contributed by atoms with E-state index >= 15 is 0 Å². The van der Waals surface area contributed by atoms with Crippen LogP contribution >= 0.6 is 0 Å². The van der Waals surface area contributed by atoms with Crippen molar-refractivity contribution < 1.29 is 13.9 Å². The van der Waals surface area contributed by atoms with Gasteiger partial charge >= 0.3 is 0 Å². The van der Waals surface area contributed by atoms with Crippen LogP contribution in [0.4, 0.5) is 4.39 Å². The SMILES string of the molecule is CC[C@H](C(=O)N1CC(Oc2ccccc2F)C1)n1cccn1. The molecule has 1 amide bonds. The topological polar surface area (TPSA) is 47.4 Å². The maximum atomic E-state index is 13.5. The second-order valence-electron chi connectivity index (χ2n) is 5.32. The normalized spacial score (nSPS) is 16.2. The van der Waals surface area contributed by atoms with E-state index < -0.39 is 0 Å². The lowest BCUT2D eigenvalue weighted by Crippen LogP contribution is -2.57. The molecule has 0 N–H and O–H groups in total. The molecule has 0 spiro atoms. The molecule has 1 saturated heterocycles. The number of rotatable bonds is 5. The van der Waals surface area contributed by atoms with Crippen LogP contribution in [0.3, 0.4) is 0 Å². The van der Waals surface area contributed by atoms with Crippen molar-refractivity contribution in [3.63, 3.8) is 0 Å². The van der Waals surface area contributed by atoms with Crippen LogP contribution in [0, 0.1) is 5.82 Å². The molecule has 0 unspecified atom stereocenters. The third-order valence-electron chi connectivity index (χ3n) is 3.81. The molecule has 0 radical (unpaired) electrons. The van der Waals surface area contributed by atoms with Crippen molar-refractivity contribution in [1.29, 1.82) is 0 Å². The lowest BCUT2D eigenvalue weighted by Gasteiger charge is -2.40. The lowest BCUT2D eigenvalue weighted by molar-refractivity contribution is -0.144. The first-order valence-corrected chi connectivity index (χ1v) is 7.38. The first kappa shape index (κ1) is 14.6. The molecule has 1 aliphatic rings. The number of likely N-dealkylation sites (tertiary alicyclic amines) is 1. The van der Waals surface area contributed by atoms with Gasteiger partial charge in [0.1, 0.15) is 12.1 Å². The molecule has 1 aromatic heterocycles. The van der Waals surface area contributed by atoms with E-state index in [-0.39, 0.29) is 29.6 Å². The highest BCUT2D eigenvalue weighted by Gasteiger charge is 2.36. The van der Waals surface area contributed by atoms with E-state index in [9.17, 15) is 9.18 Å². The average molecular weight is 303 g/mol. The fourth-order valence-electron chi connectivity index (χ4n) is 2.56. The highest BCUT2D eigenvalue weighted by molar-refractivity contribution is 5.81. The minimum atomic E-state index is -0.379. The monoisotopic (exact) mass is 303 g/mol. The van der Waals surface area contributed by atoms with Crippen LogP contribution < -0.4 is 4.74 Å². The van der Waals surface area contributed by atoms with Gasteiger partial charge in [-0.3, -0.25) is 9.48 Å². The molecule has 2 aromatic rings. The van der Waals surface area contributed by atoms with Crippen molar-refractivity contribution in [3.05, 3.63) is 48.5 Å². The van der Waals surface area contributed by atoms with Crippen LogP contribution in [-0.4, -0.2) is 39.8 Å². The van der Waals surface area contributed by atoms with Gasteiger partial charge in [0.25, 0.3) is 0 Å². The molecule has 22 heavy (non-hydrogen) atoms. The number of nitrogens with zero attached hydrogens (tertiary/aromatic N) is 3. The molecule has 1 aromatic carbocycles. The van der Waals surface area contributed by atoms with Crippen molar-refractivity contribution >= 4 is 5.91 Å². The average Bonchev–Trinajstić information content (AvgIpc) is 2.99. The van der Waals surface area contributed by atoms with Crippen molar-refractivity contribution in [2.75, 3.05) is 13.1 Å². The maximum Gasteiger partial charge on any atom is 0.247 e. The Morgan fingerprint density at radius 3 is 2.82 bits per heavy atom. The molecule has 0 aliphatic carbocycles. The molecule has 0 saturated carbocycles. The minimum Gasteiger partial charge on any atom is -0.484 e. The van der Waals surface area contributed by atoms with Crippen molar-refractivity contribution in [3.8, 4) is 5.75 Å². The largest absolute Gasteiger partial charge is 0.484 e. The second kappa shape index (κ2) is 6.17. The summed E-state index contributed by atoms with van der Waals surface area (Å²) in [6.07, 6.45) is 3.97. The number of para-hydroxylation sites is 1. The first-order chi connectivity index (χ1) is 10.7. The molecular formula is C16H18FN3O2. The minimum absolute atomic E-state index is 0.0274. The highest BCUT2D eigenvalue weighted by atomic mass is 19.1. The van der Waals surface area contributed by atoms with Gasteiger partial charge in [-0.05, 0) is 24.6 Å². The molecule has 116 valence electrons. The maximum absolute atomic E-state index is 13.5. The third kappa shape index (κ3) is 2.81. The molecular weight excluding hydrogens is 285 g/mol. The number of halogens is 1. The lowest BCUT2D eigenvalue weighted by atomic mass is 10.1. The Labute approximate surface area is 128 Å². The Hall–Kier alpha value is -2.37. The molecule has 3 rings (SSSR count). The van der Waals surface area contributed by atoms with Gasteiger partial charge in [0.15, 0.2) is 11.6 Å². The number of carbonyl (C=O) groups excluding carboxylic acids is 1. The quantitative estimate of drug-likeness (QED) is 0.851. The predicted octanol–water partition coefficient (Wildman–Crippen LogP) is 2.26. The molecule has 1 aliphatic heterocycles. The predicted molar refractivity (Wildman–Crippen MR) is 79.0 cm³/mol. The van der Waals surface area contributed by atoms with Gasteiger partial charge in [0.2, 0.25) is 5.91 Å². The Morgan fingerprint density at radius 2 is 2.18 bits per heavy atom. The number of aromatic nitrogens is 2. The standard InChI is InChI=1S/C16H18FN3O2/c1-2-14(20-9-5-8-18-20)16(21)19-10-12(11-19)22-15-7-4-3-6-13(15)17/h3-9,12,14H,2,10-11H2,1H3/t14-/m1/s1. The Balaban J connectivity index is 1.56. The number of carbonyl (C=O) groups is 1. The highest BCUT2D eigenvalue weighted by Crippen LogP contribution is 2.23. The van der Waals surface area contributed by atoms with Crippen LogP contribution in [0.25, 0.3) is 0 Å². The zero-order chi connectivity index (χ0) is 15.5. The summed E-state index contributed by atoms with van der Waals surface area (Å²) in [6, 6.07) is 7.82. The van der Waals surface area contributed by atoms with Crippen molar-refractivity contribution in [1.82, 2.24) is 14.7 Å².